The highest BCUT2D eigenvalue weighted by molar-refractivity contribution is 5.95. The van der Waals surface area contributed by atoms with Gasteiger partial charge in [0.1, 0.15) is 0 Å². The summed E-state index contributed by atoms with van der Waals surface area (Å²) in [5.41, 5.74) is 1.07. The maximum Gasteiger partial charge on any atom is 0.337 e. The van der Waals surface area contributed by atoms with E-state index in [0.717, 1.165) is 0 Å². The van der Waals surface area contributed by atoms with Crippen LogP contribution in [0.4, 0.5) is 11.4 Å². The molecule has 1 N–H and O–H groups in total. The highest BCUT2D eigenvalue weighted by Gasteiger charge is 2.14. The molecular weight excluding hydrogens is 220 g/mol. The molecule has 90 valence electrons. The predicted octanol–water partition coefficient (Wildman–Crippen LogP) is 2.20. The van der Waals surface area contributed by atoms with Crippen LogP contribution in [0.15, 0.2) is 23.2 Å². The van der Waals surface area contributed by atoms with Gasteiger partial charge >= 0.3 is 5.97 Å². The number of carboxylic acids is 1. The summed E-state index contributed by atoms with van der Waals surface area (Å²) in [7, 11) is 0. The molecule has 1 aromatic carbocycles. The van der Waals surface area contributed by atoms with Gasteiger partial charge in [-0.05, 0) is 32.0 Å². The molecule has 5 heteroatoms. The average Bonchev–Trinajstić information content (AvgIpc) is 2.32. The molecular formula is C12H14N2O3. The van der Waals surface area contributed by atoms with Crippen molar-refractivity contribution in [2.75, 3.05) is 18.0 Å². The van der Waals surface area contributed by atoms with Gasteiger partial charge in [-0.15, -0.1) is 0 Å². The van der Waals surface area contributed by atoms with Crippen molar-refractivity contribution < 1.29 is 14.7 Å². The average molecular weight is 234 g/mol. The minimum Gasteiger partial charge on any atom is -0.478 e. The quantitative estimate of drug-likeness (QED) is 0.626. The lowest BCUT2D eigenvalue weighted by atomic mass is 10.1. The fraction of sp³-hybridized carbons (Fsp3) is 0.333. The number of hydrogen-bond acceptors (Lipinski definition) is 4. The zero-order valence-electron chi connectivity index (χ0n) is 9.80. The Labute approximate surface area is 99.4 Å². The number of aromatic carboxylic acids is 1. The van der Waals surface area contributed by atoms with Crippen molar-refractivity contribution in [2.24, 2.45) is 4.99 Å². The van der Waals surface area contributed by atoms with Gasteiger partial charge in [-0.1, -0.05) is 0 Å². The van der Waals surface area contributed by atoms with Crippen LogP contribution in [0.2, 0.25) is 0 Å². The smallest absolute Gasteiger partial charge is 0.337 e. The van der Waals surface area contributed by atoms with E-state index in [0.29, 0.717) is 24.5 Å². The number of carboxylic acid groups (broad SMARTS) is 1. The van der Waals surface area contributed by atoms with Crippen LogP contribution in [0.1, 0.15) is 24.2 Å². The molecule has 0 saturated carbocycles. The normalized spacial score (nSPS) is 9.53. The minimum atomic E-state index is -1.03. The third kappa shape index (κ3) is 2.92. The standard InChI is InChI=1S/C12H14N2O3/c1-3-14(4-2)11-6-5-9(13-8-15)7-10(11)12(16)17/h5-7H,3-4H2,1-2H3,(H,16,17). The number of nitrogens with zero attached hydrogens (tertiary/aromatic N) is 2. The van der Waals surface area contributed by atoms with Crippen LogP contribution in [0.25, 0.3) is 0 Å². The Kier molecular flexibility index (Phi) is 4.43. The van der Waals surface area contributed by atoms with Crippen LogP contribution < -0.4 is 4.90 Å². The van der Waals surface area contributed by atoms with Crippen molar-refractivity contribution in [3.63, 3.8) is 0 Å². The second-order valence-corrected chi connectivity index (χ2v) is 3.38. The van der Waals surface area contributed by atoms with Crippen molar-refractivity contribution >= 4 is 23.4 Å². The van der Waals surface area contributed by atoms with Crippen LogP contribution in [-0.4, -0.2) is 30.2 Å². The van der Waals surface area contributed by atoms with E-state index in [1.165, 1.54) is 12.1 Å². The summed E-state index contributed by atoms with van der Waals surface area (Å²) >= 11 is 0. The van der Waals surface area contributed by atoms with Crippen molar-refractivity contribution in [1.29, 1.82) is 0 Å². The van der Waals surface area contributed by atoms with Crippen LogP contribution in [0, 0.1) is 0 Å². The molecule has 0 aliphatic heterocycles. The molecule has 0 atom stereocenters. The van der Waals surface area contributed by atoms with Gasteiger partial charge in [0.05, 0.1) is 16.9 Å². The molecule has 0 saturated heterocycles. The number of aliphatic imine (C=N–C) groups is 1. The summed E-state index contributed by atoms with van der Waals surface area (Å²) in [6, 6.07) is 4.64. The molecule has 0 unspecified atom stereocenters. The zero-order valence-corrected chi connectivity index (χ0v) is 9.80. The Morgan fingerprint density at radius 1 is 1.41 bits per heavy atom. The maximum absolute atomic E-state index is 11.1. The van der Waals surface area contributed by atoms with E-state index < -0.39 is 5.97 Å². The number of isocyanates is 1. The Balaban J connectivity index is 3.30. The van der Waals surface area contributed by atoms with E-state index >= 15 is 0 Å². The first-order chi connectivity index (χ1) is 8.13. The molecule has 0 aliphatic carbocycles. The summed E-state index contributed by atoms with van der Waals surface area (Å²) < 4.78 is 0. The molecule has 0 aliphatic rings. The Hall–Kier alpha value is -2.13. The lowest BCUT2D eigenvalue weighted by Gasteiger charge is -2.22. The second kappa shape index (κ2) is 5.82. The van der Waals surface area contributed by atoms with Gasteiger partial charge < -0.3 is 10.0 Å². The van der Waals surface area contributed by atoms with Gasteiger partial charge in [0, 0.05) is 13.1 Å². The van der Waals surface area contributed by atoms with Gasteiger partial charge in [-0.3, -0.25) is 0 Å². The summed E-state index contributed by atoms with van der Waals surface area (Å²) in [5.74, 6) is -1.03. The largest absolute Gasteiger partial charge is 0.478 e. The molecule has 0 heterocycles. The van der Waals surface area contributed by atoms with Gasteiger partial charge in [0.25, 0.3) is 0 Å². The minimum absolute atomic E-state index is 0.144. The molecule has 1 aromatic rings. The molecule has 0 spiro atoms. The summed E-state index contributed by atoms with van der Waals surface area (Å²) in [6.07, 6.45) is 1.40. The van der Waals surface area contributed by atoms with E-state index in [1.54, 1.807) is 12.1 Å². The molecule has 1 rings (SSSR count). The van der Waals surface area contributed by atoms with Crippen LogP contribution in [-0.2, 0) is 4.79 Å². The maximum atomic E-state index is 11.1. The van der Waals surface area contributed by atoms with Crippen molar-refractivity contribution in [3.05, 3.63) is 23.8 Å². The lowest BCUT2D eigenvalue weighted by molar-refractivity contribution is 0.0697. The zero-order chi connectivity index (χ0) is 12.8. The monoisotopic (exact) mass is 234 g/mol. The molecule has 0 fully saturated rings. The Morgan fingerprint density at radius 3 is 2.53 bits per heavy atom. The number of hydrogen-bond donors (Lipinski definition) is 1. The highest BCUT2D eigenvalue weighted by atomic mass is 16.4. The first-order valence-electron chi connectivity index (χ1n) is 5.34. The molecule has 17 heavy (non-hydrogen) atoms. The first-order valence-corrected chi connectivity index (χ1v) is 5.34. The van der Waals surface area contributed by atoms with Gasteiger partial charge in [-0.25, -0.2) is 9.59 Å². The van der Waals surface area contributed by atoms with E-state index in [4.69, 9.17) is 5.11 Å². The number of rotatable bonds is 5. The third-order valence-electron chi connectivity index (χ3n) is 2.49. The number of carbonyl (C=O) groups is 1. The summed E-state index contributed by atoms with van der Waals surface area (Å²) in [4.78, 5) is 26.6. The predicted molar refractivity (Wildman–Crippen MR) is 64.7 cm³/mol. The van der Waals surface area contributed by atoms with Crippen LogP contribution >= 0.6 is 0 Å². The first kappa shape index (κ1) is 12.9. The van der Waals surface area contributed by atoms with Gasteiger partial charge in [-0.2, -0.15) is 4.99 Å². The fourth-order valence-corrected chi connectivity index (χ4v) is 1.66. The molecule has 0 aromatic heterocycles. The molecule has 0 radical (unpaired) electrons. The second-order valence-electron chi connectivity index (χ2n) is 3.38. The third-order valence-corrected chi connectivity index (χ3v) is 2.49. The molecule has 5 nitrogen and oxygen atoms in total. The van der Waals surface area contributed by atoms with E-state index in [9.17, 15) is 9.59 Å². The topological polar surface area (TPSA) is 70.0 Å². The van der Waals surface area contributed by atoms with Crippen LogP contribution in [0.3, 0.4) is 0 Å². The van der Waals surface area contributed by atoms with Crippen molar-refractivity contribution in [3.8, 4) is 0 Å². The number of carbonyl (C=O) groups excluding carboxylic acids is 1. The van der Waals surface area contributed by atoms with E-state index in [2.05, 4.69) is 4.99 Å². The fourth-order valence-electron chi connectivity index (χ4n) is 1.66. The number of benzene rings is 1. The lowest BCUT2D eigenvalue weighted by Crippen LogP contribution is -2.24. The SMILES string of the molecule is CCN(CC)c1ccc(N=C=O)cc1C(=O)O. The van der Waals surface area contributed by atoms with E-state index in [-0.39, 0.29) is 5.56 Å². The highest BCUT2D eigenvalue weighted by Crippen LogP contribution is 2.25. The van der Waals surface area contributed by atoms with Crippen molar-refractivity contribution in [1.82, 2.24) is 0 Å². The Morgan fingerprint density at radius 2 is 2.06 bits per heavy atom. The number of anilines is 1. The Bertz CT molecular complexity index is 461. The molecule has 0 amide bonds. The van der Waals surface area contributed by atoms with Gasteiger partial charge in [0.15, 0.2) is 0 Å². The summed E-state index contributed by atoms with van der Waals surface area (Å²) in [6.45, 7) is 5.33. The van der Waals surface area contributed by atoms with E-state index in [1.807, 2.05) is 18.7 Å². The van der Waals surface area contributed by atoms with Crippen molar-refractivity contribution in [2.45, 2.75) is 13.8 Å². The van der Waals surface area contributed by atoms with Crippen LogP contribution in [0.5, 0.6) is 0 Å². The molecule has 0 bridgehead atoms. The summed E-state index contributed by atoms with van der Waals surface area (Å²) in [5, 5.41) is 9.13. The van der Waals surface area contributed by atoms with Gasteiger partial charge in [0.2, 0.25) is 6.08 Å².